The zero-order valence-corrected chi connectivity index (χ0v) is 8.37. The summed E-state index contributed by atoms with van der Waals surface area (Å²) in [5.41, 5.74) is 0. The van der Waals surface area contributed by atoms with Crippen molar-refractivity contribution in [3.05, 3.63) is 36.3 Å². The number of hydrogen-bond donors (Lipinski definition) is 0. The lowest BCUT2D eigenvalue weighted by atomic mass is 10.3. The molecular weight excluding hydrogens is 152 g/mol. The summed E-state index contributed by atoms with van der Waals surface area (Å²) in [4.78, 5) is 1.17. The van der Waals surface area contributed by atoms with Gasteiger partial charge in [-0.2, -0.15) is 0 Å². The summed E-state index contributed by atoms with van der Waals surface area (Å²) < 4.78 is 0.253. The molecule has 62 valence electrons. The molecule has 1 heteroatoms. The standard InChI is InChI=1S/C10H16S/c1-6-8-9(7-2)11-10(3,4)5/h6-8H,1-2H2,3-5H3/b9-8+. The van der Waals surface area contributed by atoms with Gasteiger partial charge in [0.25, 0.3) is 0 Å². The van der Waals surface area contributed by atoms with Crippen molar-refractivity contribution in [2.24, 2.45) is 0 Å². The second-order valence-corrected chi connectivity index (χ2v) is 5.12. The number of allylic oxidation sites excluding steroid dienone is 3. The normalized spacial score (nSPS) is 12.8. The summed E-state index contributed by atoms with van der Waals surface area (Å²) in [7, 11) is 0. The van der Waals surface area contributed by atoms with E-state index in [0.29, 0.717) is 0 Å². The minimum atomic E-state index is 0.253. The van der Waals surface area contributed by atoms with E-state index < -0.39 is 0 Å². The Labute approximate surface area is 74.1 Å². The summed E-state index contributed by atoms with van der Waals surface area (Å²) in [6.07, 6.45) is 5.62. The van der Waals surface area contributed by atoms with Crippen molar-refractivity contribution in [2.75, 3.05) is 0 Å². The van der Waals surface area contributed by atoms with E-state index in [4.69, 9.17) is 0 Å². The first-order valence-electron chi connectivity index (χ1n) is 3.64. The van der Waals surface area contributed by atoms with Crippen LogP contribution in [0, 0.1) is 0 Å². The van der Waals surface area contributed by atoms with E-state index in [0.717, 1.165) is 0 Å². The zero-order chi connectivity index (χ0) is 8.91. The van der Waals surface area contributed by atoms with Crippen molar-refractivity contribution in [3.8, 4) is 0 Å². The predicted molar refractivity (Wildman–Crippen MR) is 55.8 cm³/mol. The second kappa shape index (κ2) is 4.45. The zero-order valence-electron chi connectivity index (χ0n) is 7.55. The summed E-state index contributed by atoms with van der Waals surface area (Å²) in [5.74, 6) is 0. The third-order valence-corrected chi connectivity index (χ3v) is 2.06. The molecule has 0 aliphatic rings. The SMILES string of the molecule is C=C/C=C(\C=C)SC(C)(C)C. The highest BCUT2D eigenvalue weighted by molar-refractivity contribution is 8.04. The van der Waals surface area contributed by atoms with Crippen LogP contribution < -0.4 is 0 Å². The Bertz CT molecular complexity index is 170. The summed E-state index contributed by atoms with van der Waals surface area (Å²) in [5, 5.41) is 0. The van der Waals surface area contributed by atoms with Crippen LogP contribution in [0.25, 0.3) is 0 Å². The Morgan fingerprint density at radius 2 is 1.82 bits per heavy atom. The number of thioether (sulfide) groups is 1. The highest BCUT2D eigenvalue weighted by Gasteiger charge is 2.11. The van der Waals surface area contributed by atoms with E-state index in [-0.39, 0.29) is 4.75 Å². The molecule has 0 N–H and O–H groups in total. The van der Waals surface area contributed by atoms with Crippen LogP contribution in [0.5, 0.6) is 0 Å². The van der Waals surface area contributed by atoms with Crippen LogP contribution in [-0.2, 0) is 0 Å². The van der Waals surface area contributed by atoms with Crippen LogP contribution in [0.4, 0.5) is 0 Å². The van der Waals surface area contributed by atoms with E-state index in [1.165, 1.54) is 4.91 Å². The van der Waals surface area contributed by atoms with Crippen molar-refractivity contribution < 1.29 is 0 Å². The maximum atomic E-state index is 3.73. The monoisotopic (exact) mass is 168 g/mol. The van der Waals surface area contributed by atoms with Gasteiger partial charge >= 0.3 is 0 Å². The van der Waals surface area contributed by atoms with Gasteiger partial charge in [-0.1, -0.05) is 46.1 Å². The minimum Gasteiger partial charge on any atom is -0.120 e. The van der Waals surface area contributed by atoms with E-state index in [9.17, 15) is 0 Å². The second-order valence-electron chi connectivity index (χ2n) is 3.22. The fourth-order valence-corrected chi connectivity index (χ4v) is 1.57. The van der Waals surface area contributed by atoms with E-state index in [2.05, 4.69) is 33.9 Å². The average Bonchev–Trinajstić information content (AvgIpc) is 1.84. The molecule has 0 fully saturated rings. The molecule has 0 spiro atoms. The molecule has 0 heterocycles. The summed E-state index contributed by atoms with van der Waals surface area (Å²) >= 11 is 1.80. The first kappa shape index (κ1) is 10.6. The Balaban J connectivity index is 4.20. The highest BCUT2D eigenvalue weighted by Crippen LogP contribution is 2.31. The molecule has 0 rings (SSSR count). The molecule has 0 saturated heterocycles. The van der Waals surface area contributed by atoms with Gasteiger partial charge in [-0.05, 0) is 6.08 Å². The molecule has 0 bridgehead atoms. The van der Waals surface area contributed by atoms with Gasteiger partial charge in [0.1, 0.15) is 0 Å². The Hall–Kier alpha value is -0.430. The van der Waals surface area contributed by atoms with Crippen LogP contribution in [-0.4, -0.2) is 4.75 Å². The van der Waals surface area contributed by atoms with E-state index in [1.54, 1.807) is 17.8 Å². The van der Waals surface area contributed by atoms with Crippen molar-refractivity contribution >= 4 is 11.8 Å². The largest absolute Gasteiger partial charge is 0.120 e. The fourth-order valence-electron chi connectivity index (χ4n) is 0.613. The van der Waals surface area contributed by atoms with Crippen molar-refractivity contribution in [1.29, 1.82) is 0 Å². The molecule has 11 heavy (non-hydrogen) atoms. The van der Waals surface area contributed by atoms with Gasteiger partial charge in [-0.3, -0.25) is 0 Å². The van der Waals surface area contributed by atoms with Gasteiger partial charge in [0.15, 0.2) is 0 Å². The molecular formula is C10H16S. The minimum absolute atomic E-state index is 0.253. The number of rotatable bonds is 3. The third kappa shape index (κ3) is 5.99. The summed E-state index contributed by atoms with van der Waals surface area (Å²) in [6, 6.07) is 0. The van der Waals surface area contributed by atoms with Crippen LogP contribution >= 0.6 is 11.8 Å². The Morgan fingerprint density at radius 3 is 2.09 bits per heavy atom. The van der Waals surface area contributed by atoms with Crippen molar-refractivity contribution in [2.45, 2.75) is 25.5 Å². The molecule has 0 aromatic rings. The molecule has 0 atom stereocenters. The van der Waals surface area contributed by atoms with E-state index >= 15 is 0 Å². The Morgan fingerprint density at radius 1 is 1.27 bits per heavy atom. The summed E-state index contributed by atoms with van der Waals surface area (Å²) in [6.45, 7) is 13.9. The maximum absolute atomic E-state index is 3.73. The molecule has 0 saturated carbocycles. The molecule has 0 aliphatic carbocycles. The molecule has 0 amide bonds. The van der Waals surface area contributed by atoms with Gasteiger partial charge in [0.05, 0.1) is 0 Å². The topological polar surface area (TPSA) is 0 Å². The quantitative estimate of drug-likeness (QED) is 0.578. The highest BCUT2D eigenvalue weighted by atomic mass is 32.2. The lowest BCUT2D eigenvalue weighted by Gasteiger charge is -2.17. The lowest BCUT2D eigenvalue weighted by molar-refractivity contribution is 0.807. The van der Waals surface area contributed by atoms with Gasteiger partial charge < -0.3 is 0 Å². The maximum Gasteiger partial charge on any atom is 0.0122 e. The first-order chi connectivity index (χ1) is 4.99. The van der Waals surface area contributed by atoms with Crippen LogP contribution in [0.1, 0.15) is 20.8 Å². The fraction of sp³-hybridized carbons (Fsp3) is 0.400. The molecule has 0 unspecified atom stereocenters. The van der Waals surface area contributed by atoms with E-state index in [1.807, 2.05) is 12.2 Å². The molecule has 0 nitrogen and oxygen atoms in total. The van der Waals surface area contributed by atoms with Crippen molar-refractivity contribution in [3.63, 3.8) is 0 Å². The van der Waals surface area contributed by atoms with Gasteiger partial charge in [-0.15, -0.1) is 11.8 Å². The van der Waals surface area contributed by atoms with Crippen LogP contribution in [0.3, 0.4) is 0 Å². The molecule has 0 aliphatic heterocycles. The van der Waals surface area contributed by atoms with Gasteiger partial charge in [0, 0.05) is 9.65 Å². The molecule has 0 aromatic carbocycles. The predicted octanol–water partition coefficient (Wildman–Crippen LogP) is 3.77. The number of hydrogen-bond acceptors (Lipinski definition) is 1. The first-order valence-corrected chi connectivity index (χ1v) is 4.45. The average molecular weight is 168 g/mol. The van der Waals surface area contributed by atoms with Gasteiger partial charge in [0.2, 0.25) is 0 Å². The lowest BCUT2D eigenvalue weighted by Crippen LogP contribution is -2.06. The van der Waals surface area contributed by atoms with Crippen LogP contribution in [0.2, 0.25) is 0 Å². The Kier molecular flexibility index (Phi) is 4.27. The third-order valence-electron chi connectivity index (χ3n) is 0.907. The molecule has 0 radical (unpaired) electrons. The van der Waals surface area contributed by atoms with Crippen molar-refractivity contribution in [1.82, 2.24) is 0 Å². The molecule has 0 aromatic heterocycles. The van der Waals surface area contributed by atoms with Crippen LogP contribution in [0.15, 0.2) is 36.3 Å². The van der Waals surface area contributed by atoms with Gasteiger partial charge in [-0.25, -0.2) is 0 Å². The smallest absolute Gasteiger partial charge is 0.0122 e.